The lowest BCUT2D eigenvalue weighted by Gasteiger charge is -2.22. The van der Waals surface area contributed by atoms with E-state index in [-0.39, 0.29) is 29.9 Å². The summed E-state index contributed by atoms with van der Waals surface area (Å²) in [6.45, 7) is 0.0200. The summed E-state index contributed by atoms with van der Waals surface area (Å²) < 4.78 is 53.6. The zero-order chi connectivity index (χ0) is 34.0. The lowest BCUT2D eigenvalue weighted by molar-refractivity contribution is -0.137. The second-order valence-corrected chi connectivity index (χ2v) is 12.2. The second kappa shape index (κ2) is 13.3. The van der Waals surface area contributed by atoms with E-state index in [2.05, 4.69) is 10.3 Å². The Balaban J connectivity index is 1.12. The standard InChI is InChI=1S/C34H28F3N5O5S/c1-41-28-17-26(47-25-7-3-6-23(16-25)42(32(38)44)18-21-4-2-5-22(14-21)34(35,36)37)12-13-27(28)39-30(41)19-46-24-10-8-20(9-11-24)15-29-31(43)40-33(45)48-29/h2-14,16-17,29H,15,18-19H2,1H3,(H2,38,44)(H,40,43,45). The first-order valence-corrected chi connectivity index (χ1v) is 15.5. The molecule has 246 valence electrons. The summed E-state index contributed by atoms with van der Waals surface area (Å²) in [5.41, 5.74) is 7.81. The fourth-order valence-electron chi connectivity index (χ4n) is 5.20. The molecule has 0 saturated carbocycles. The average molecular weight is 676 g/mol. The molecular formula is C34H28F3N5O5S. The number of ether oxygens (including phenoxy) is 2. The van der Waals surface area contributed by atoms with Crippen LogP contribution in [-0.2, 0) is 37.6 Å². The number of amides is 4. The summed E-state index contributed by atoms with van der Waals surface area (Å²) in [6.07, 6.45) is -4.08. The van der Waals surface area contributed by atoms with Gasteiger partial charge in [-0.2, -0.15) is 13.2 Å². The van der Waals surface area contributed by atoms with Gasteiger partial charge in [-0.15, -0.1) is 0 Å². The van der Waals surface area contributed by atoms with E-state index in [0.29, 0.717) is 35.2 Å². The minimum Gasteiger partial charge on any atom is -0.486 e. The van der Waals surface area contributed by atoms with E-state index in [1.54, 1.807) is 48.5 Å². The SMILES string of the molecule is Cn1c(COc2ccc(CC3SC(=O)NC3=O)cc2)nc2ccc(Oc3cccc(N(Cc4cccc(C(F)(F)F)c4)C(N)=O)c3)cc21. The molecular weight excluding hydrogens is 647 g/mol. The number of nitrogens with zero attached hydrogens (tertiary/aromatic N) is 3. The molecule has 0 aliphatic carbocycles. The Bertz CT molecular complexity index is 2020. The van der Waals surface area contributed by atoms with Crippen molar-refractivity contribution in [3.05, 3.63) is 114 Å². The number of anilines is 1. The zero-order valence-corrected chi connectivity index (χ0v) is 26.2. The summed E-state index contributed by atoms with van der Waals surface area (Å²) in [4.78, 5) is 41.4. The number of thioether (sulfide) groups is 1. The maximum Gasteiger partial charge on any atom is 0.416 e. The topological polar surface area (TPSA) is 129 Å². The van der Waals surface area contributed by atoms with Gasteiger partial charge < -0.3 is 19.8 Å². The number of aryl methyl sites for hydroxylation is 1. The van der Waals surface area contributed by atoms with Crippen molar-refractivity contribution < 1.29 is 37.0 Å². The molecule has 0 spiro atoms. The maximum atomic E-state index is 13.2. The van der Waals surface area contributed by atoms with Gasteiger partial charge in [0, 0.05) is 24.9 Å². The van der Waals surface area contributed by atoms with Gasteiger partial charge in [0.15, 0.2) is 0 Å². The molecule has 2 heterocycles. The number of nitrogens with one attached hydrogen (secondary N) is 1. The molecule has 1 aliphatic heterocycles. The van der Waals surface area contributed by atoms with Crippen LogP contribution in [-0.4, -0.2) is 32.0 Å². The van der Waals surface area contributed by atoms with Crippen LogP contribution in [0.15, 0.2) is 91.0 Å². The number of hydrogen-bond acceptors (Lipinski definition) is 7. The minimum absolute atomic E-state index is 0.167. The van der Waals surface area contributed by atoms with Crippen molar-refractivity contribution in [1.82, 2.24) is 14.9 Å². The molecule has 1 unspecified atom stereocenters. The van der Waals surface area contributed by atoms with Gasteiger partial charge in [0.1, 0.15) is 29.7 Å². The smallest absolute Gasteiger partial charge is 0.416 e. The summed E-state index contributed by atoms with van der Waals surface area (Å²) in [7, 11) is 1.85. The van der Waals surface area contributed by atoms with Crippen LogP contribution in [0.4, 0.5) is 28.4 Å². The van der Waals surface area contributed by atoms with E-state index in [9.17, 15) is 27.6 Å². The van der Waals surface area contributed by atoms with Crippen LogP contribution in [0.5, 0.6) is 17.2 Å². The number of alkyl halides is 3. The summed E-state index contributed by atoms with van der Waals surface area (Å²) >= 11 is 0.990. The van der Waals surface area contributed by atoms with Crippen molar-refractivity contribution in [3.63, 3.8) is 0 Å². The number of carbonyl (C=O) groups excluding carboxylic acids is 3. The summed E-state index contributed by atoms with van der Waals surface area (Å²) in [5, 5.41) is 1.52. The fraction of sp³-hybridized carbons (Fsp3) is 0.176. The van der Waals surface area contributed by atoms with Gasteiger partial charge in [0.25, 0.3) is 5.24 Å². The molecule has 5 aromatic rings. The van der Waals surface area contributed by atoms with Crippen LogP contribution in [0.25, 0.3) is 11.0 Å². The van der Waals surface area contributed by atoms with Crippen LogP contribution in [0.3, 0.4) is 0 Å². The summed E-state index contributed by atoms with van der Waals surface area (Å²) in [5.74, 6) is 1.88. The van der Waals surface area contributed by atoms with Crippen LogP contribution >= 0.6 is 11.8 Å². The largest absolute Gasteiger partial charge is 0.486 e. The molecule has 1 saturated heterocycles. The Kier molecular flexibility index (Phi) is 9.00. The molecule has 48 heavy (non-hydrogen) atoms. The molecule has 1 fully saturated rings. The lowest BCUT2D eigenvalue weighted by atomic mass is 10.1. The van der Waals surface area contributed by atoms with Crippen molar-refractivity contribution in [2.45, 2.75) is 31.0 Å². The first-order valence-electron chi connectivity index (χ1n) is 14.6. The number of rotatable bonds is 10. The fourth-order valence-corrected chi connectivity index (χ4v) is 6.06. The van der Waals surface area contributed by atoms with Gasteiger partial charge in [-0.25, -0.2) is 9.78 Å². The lowest BCUT2D eigenvalue weighted by Crippen LogP contribution is -2.35. The quantitative estimate of drug-likeness (QED) is 0.164. The Morgan fingerprint density at radius 3 is 2.40 bits per heavy atom. The number of imidazole rings is 1. The molecule has 4 amide bonds. The molecule has 0 radical (unpaired) electrons. The van der Waals surface area contributed by atoms with Crippen molar-refractivity contribution in [2.75, 3.05) is 4.90 Å². The number of nitrogens with two attached hydrogens (primary N) is 1. The average Bonchev–Trinajstić information content (AvgIpc) is 3.54. The van der Waals surface area contributed by atoms with Gasteiger partial charge >= 0.3 is 12.2 Å². The molecule has 4 aromatic carbocycles. The van der Waals surface area contributed by atoms with Crippen molar-refractivity contribution in [1.29, 1.82) is 0 Å². The number of aromatic nitrogens is 2. The molecule has 3 N–H and O–H groups in total. The van der Waals surface area contributed by atoms with Gasteiger partial charge in [-0.3, -0.25) is 19.8 Å². The van der Waals surface area contributed by atoms with Crippen LogP contribution in [0.1, 0.15) is 22.5 Å². The molecule has 6 rings (SSSR count). The number of benzene rings is 4. The first kappa shape index (κ1) is 32.4. The zero-order valence-electron chi connectivity index (χ0n) is 25.4. The van der Waals surface area contributed by atoms with Gasteiger partial charge in [-0.05, 0) is 66.1 Å². The molecule has 1 aromatic heterocycles. The highest BCUT2D eigenvalue weighted by atomic mass is 32.2. The third kappa shape index (κ3) is 7.39. The Morgan fingerprint density at radius 1 is 0.958 bits per heavy atom. The van der Waals surface area contributed by atoms with Crippen LogP contribution in [0.2, 0.25) is 0 Å². The van der Waals surface area contributed by atoms with Gasteiger partial charge in [0.05, 0.1) is 28.4 Å². The normalized spacial score (nSPS) is 14.6. The van der Waals surface area contributed by atoms with Crippen molar-refractivity contribution in [2.24, 2.45) is 12.8 Å². The summed E-state index contributed by atoms with van der Waals surface area (Å²) in [6, 6.07) is 23.1. The van der Waals surface area contributed by atoms with E-state index in [1.807, 2.05) is 29.8 Å². The van der Waals surface area contributed by atoms with Crippen LogP contribution in [0, 0.1) is 0 Å². The molecule has 14 heteroatoms. The number of fused-ring (bicyclic) bond motifs is 1. The molecule has 1 atom stereocenters. The van der Waals surface area contributed by atoms with E-state index in [4.69, 9.17) is 15.2 Å². The third-order valence-electron chi connectivity index (χ3n) is 7.65. The van der Waals surface area contributed by atoms with E-state index in [1.165, 1.54) is 17.0 Å². The monoisotopic (exact) mass is 675 g/mol. The predicted molar refractivity (Wildman–Crippen MR) is 174 cm³/mol. The number of primary amides is 1. The number of urea groups is 1. The third-order valence-corrected chi connectivity index (χ3v) is 8.63. The number of carbonyl (C=O) groups is 3. The second-order valence-electron chi connectivity index (χ2n) is 11.0. The van der Waals surface area contributed by atoms with Crippen molar-refractivity contribution in [3.8, 4) is 17.2 Å². The van der Waals surface area contributed by atoms with E-state index in [0.717, 1.165) is 40.5 Å². The maximum absolute atomic E-state index is 13.2. The highest BCUT2D eigenvalue weighted by molar-refractivity contribution is 8.15. The van der Waals surface area contributed by atoms with Gasteiger partial charge in [-0.1, -0.05) is 42.1 Å². The predicted octanol–water partition coefficient (Wildman–Crippen LogP) is 6.94. The van der Waals surface area contributed by atoms with Gasteiger partial charge in [0.2, 0.25) is 5.91 Å². The van der Waals surface area contributed by atoms with E-state index >= 15 is 0 Å². The number of imide groups is 1. The van der Waals surface area contributed by atoms with E-state index < -0.39 is 23.0 Å². The molecule has 0 bridgehead atoms. The highest BCUT2D eigenvalue weighted by Crippen LogP contribution is 2.32. The molecule has 1 aliphatic rings. The number of halogens is 3. The Morgan fingerprint density at radius 2 is 1.69 bits per heavy atom. The van der Waals surface area contributed by atoms with Crippen LogP contribution < -0.4 is 25.4 Å². The van der Waals surface area contributed by atoms with Crippen molar-refractivity contribution >= 4 is 45.7 Å². The first-order chi connectivity index (χ1) is 22.9. The Labute approximate surface area is 276 Å². The molecule has 10 nitrogen and oxygen atoms in total. The highest BCUT2D eigenvalue weighted by Gasteiger charge is 2.32. The number of hydrogen-bond donors (Lipinski definition) is 2. The Hall–Kier alpha value is -5.50. The minimum atomic E-state index is -4.52.